The smallest absolute Gasteiger partial charge is 0.263 e. The van der Waals surface area contributed by atoms with Gasteiger partial charge in [0.25, 0.3) is 10.0 Å². The van der Waals surface area contributed by atoms with Gasteiger partial charge < -0.3 is 0 Å². The molecule has 0 heterocycles. The second kappa shape index (κ2) is 5.69. The first-order chi connectivity index (χ1) is 9.70. The van der Waals surface area contributed by atoms with Gasteiger partial charge >= 0.3 is 0 Å². The number of benzene rings is 2. The molecule has 0 spiro atoms. The van der Waals surface area contributed by atoms with Crippen molar-refractivity contribution in [2.24, 2.45) is 0 Å². The van der Waals surface area contributed by atoms with Crippen LogP contribution in [0.3, 0.4) is 0 Å². The largest absolute Gasteiger partial charge is 0.276 e. The fraction of sp³-hybridized carbons (Fsp3) is 0.0769. The van der Waals surface area contributed by atoms with Crippen LogP contribution in [0.25, 0.3) is 0 Å². The molecule has 0 saturated carbocycles. The SMILES string of the molecule is Cc1ccc(S(=O)(=O)Nc2cc(F)cc(F)c2F)c(Br)c1. The quantitative estimate of drug-likeness (QED) is 0.819. The first-order valence-electron chi connectivity index (χ1n) is 5.64. The Morgan fingerprint density at radius 1 is 1.10 bits per heavy atom. The van der Waals surface area contributed by atoms with Gasteiger partial charge in [-0.3, -0.25) is 4.72 Å². The van der Waals surface area contributed by atoms with Crippen molar-refractivity contribution in [2.75, 3.05) is 4.72 Å². The van der Waals surface area contributed by atoms with E-state index in [1.165, 1.54) is 6.07 Å². The normalized spacial score (nSPS) is 11.5. The van der Waals surface area contributed by atoms with Gasteiger partial charge in [-0.25, -0.2) is 21.6 Å². The van der Waals surface area contributed by atoms with Crippen LogP contribution in [-0.4, -0.2) is 8.42 Å². The number of sulfonamides is 1. The Bertz CT molecular complexity index is 809. The lowest BCUT2D eigenvalue weighted by Crippen LogP contribution is -2.15. The van der Waals surface area contributed by atoms with Crippen LogP contribution < -0.4 is 4.72 Å². The molecule has 0 radical (unpaired) electrons. The van der Waals surface area contributed by atoms with Crippen molar-refractivity contribution < 1.29 is 21.6 Å². The fourth-order valence-corrected chi connectivity index (χ4v) is 3.90. The van der Waals surface area contributed by atoms with E-state index in [2.05, 4.69) is 15.9 Å². The molecule has 0 saturated heterocycles. The third-order valence-corrected chi connectivity index (χ3v) is 4.96. The number of rotatable bonds is 3. The first-order valence-corrected chi connectivity index (χ1v) is 7.92. The van der Waals surface area contributed by atoms with E-state index in [4.69, 9.17) is 0 Å². The Balaban J connectivity index is 2.47. The molecule has 2 rings (SSSR count). The van der Waals surface area contributed by atoms with Crippen molar-refractivity contribution >= 4 is 31.6 Å². The molecule has 112 valence electrons. The van der Waals surface area contributed by atoms with E-state index in [0.717, 1.165) is 5.56 Å². The summed E-state index contributed by atoms with van der Waals surface area (Å²) in [6, 6.07) is 5.29. The zero-order chi connectivity index (χ0) is 15.8. The van der Waals surface area contributed by atoms with Crippen LogP contribution in [0.5, 0.6) is 0 Å². The minimum atomic E-state index is -4.19. The maximum absolute atomic E-state index is 13.5. The standard InChI is InChI=1S/C13H9BrF3NO2S/c1-7-2-3-12(9(14)4-7)21(19,20)18-11-6-8(15)5-10(16)13(11)17/h2-6,18H,1H3. The highest BCUT2D eigenvalue weighted by Gasteiger charge is 2.21. The van der Waals surface area contributed by atoms with E-state index in [1.54, 1.807) is 19.1 Å². The Morgan fingerprint density at radius 2 is 1.76 bits per heavy atom. The summed E-state index contributed by atoms with van der Waals surface area (Å²) in [6.45, 7) is 1.76. The van der Waals surface area contributed by atoms with E-state index < -0.39 is 33.2 Å². The molecule has 0 bridgehead atoms. The Morgan fingerprint density at radius 3 is 2.38 bits per heavy atom. The van der Waals surface area contributed by atoms with Crippen LogP contribution in [0.1, 0.15) is 5.56 Å². The number of halogens is 4. The number of anilines is 1. The molecule has 0 aromatic heterocycles. The predicted octanol–water partition coefficient (Wildman–Crippen LogP) is 3.98. The van der Waals surface area contributed by atoms with Crippen molar-refractivity contribution in [3.63, 3.8) is 0 Å². The molecule has 1 N–H and O–H groups in total. The second-order valence-electron chi connectivity index (χ2n) is 4.29. The fourth-order valence-electron chi connectivity index (χ4n) is 1.65. The molecule has 2 aromatic carbocycles. The molecule has 0 unspecified atom stereocenters. The zero-order valence-electron chi connectivity index (χ0n) is 10.6. The number of hydrogen-bond donors (Lipinski definition) is 1. The third-order valence-electron chi connectivity index (χ3n) is 2.61. The molecule has 2 aromatic rings. The second-order valence-corrected chi connectivity index (χ2v) is 6.79. The lowest BCUT2D eigenvalue weighted by Gasteiger charge is -2.11. The molecule has 8 heteroatoms. The minimum Gasteiger partial charge on any atom is -0.276 e. The molecular weight excluding hydrogens is 371 g/mol. The molecule has 21 heavy (non-hydrogen) atoms. The highest BCUT2D eigenvalue weighted by molar-refractivity contribution is 9.10. The number of aryl methyl sites for hydroxylation is 1. The summed E-state index contributed by atoms with van der Waals surface area (Å²) in [5.74, 6) is -4.03. The molecule has 0 aliphatic carbocycles. The average Bonchev–Trinajstić information content (AvgIpc) is 2.34. The Labute approximate surface area is 128 Å². The molecule has 0 fully saturated rings. The van der Waals surface area contributed by atoms with E-state index in [-0.39, 0.29) is 9.37 Å². The van der Waals surface area contributed by atoms with Gasteiger partial charge in [-0.2, -0.15) is 0 Å². The number of hydrogen-bond acceptors (Lipinski definition) is 2. The van der Waals surface area contributed by atoms with Crippen LogP contribution in [0, 0.1) is 24.4 Å². The summed E-state index contributed by atoms with van der Waals surface area (Å²) in [5.41, 5.74) is 0.0174. The molecule has 0 amide bonds. The van der Waals surface area contributed by atoms with Crippen LogP contribution in [0.15, 0.2) is 39.7 Å². The lowest BCUT2D eigenvalue weighted by molar-refractivity contribution is 0.498. The number of nitrogens with one attached hydrogen (secondary N) is 1. The van der Waals surface area contributed by atoms with Gasteiger partial charge in [0.05, 0.1) is 5.69 Å². The van der Waals surface area contributed by atoms with Gasteiger partial charge in [-0.15, -0.1) is 0 Å². The molecular formula is C13H9BrF3NO2S. The van der Waals surface area contributed by atoms with Crippen LogP contribution in [0.4, 0.5) is 18.9 Å². The molecule has 0 aliphatic heterocycles. The van der Waals surface area contributed by atoms with Crippen molar-refractivity contribution in [3.05, 3.63) is 57.8 Å². The Kier molecular flexibility index (Phi) is 4.29. The van der Waals surface area contributed by atoms with E-state index in [1.807, 2.05) is 4.72 Å². The summed E-state index contributed by atoms with van der Waals surface area (Å²) < 4.78 is 66.1. The van der Waals surface area contributed by atoms with Crippen LogP contribution in [0.2, 0.25) is 0 Å². The van der Waals surface area contributed by atoms with Gasteiger partial charge in [0.15, 0.2) is 11.6 Å². The molecule has 0 aliphatic rings. The van der Waals surface area contributed by atoms with Crippen molar-refractivity contribution in [1.29, 1.82) is 0 Å². The van der Waals surface area contributed by atoms with Gasteiger partial charge in [-0.05, 0) is 40.5 Å². The highest BCUT2D eigenvalue weighted by atomic mass is 79.9. The minimum absolute atomic E-state index is 0.169. The van der Waals surface area contributed by atoms with Crippen LogP contribution >= 0.6 is 15.9 Å². The highest BCUT2D eigenvalue weighted by Crippen LogP contribution is 2.27. The van der Waals surface area contributed by atoms with Gasteiger partial charge in [0, 0.05) is 16.6 Å². The zero-order valence-corrected chi connectivity index (χ0v) is 13.0. The van der Waals surface area contributed by atoms with Gasteiger partial charge in [0.2, 0.25) is 0 Å². The van der Waals surface area contributed by atoms with Crippen molar-refractivity contribution in [3.8, 4) is 0 Å². The first kappa shape index (κ1) is 15.8. The Hall–Kier alpha value is -1.54. The van der Waals surface area contributed by atoms with Crippen LogP contribution in [-0.2, 0) is 10.0 Å². The molecule has 3 nitrogen and oxygen atoms in total. The summed E-state index contributed by atoms with van der Waals surface area (Å²) in [7, 11) is -4.19. The third kappa shape index (κ3) is 3.38. The summed E-state index contributed by atoms with van der Waals surface area (Å²) >= 11 is 3.08. The maximum Gasteiger partial charge on any atom is 0.263 e. The van der Waals surface area contributed by atoms with Crippen molar-refractivity contribution in [2.45, 2.75) is 11.8 Å². The van der Waals surface area contributed by atoms with Gasteiger partial charge in [-0.1, -0.05) is 6.07 Å². The summed E-state index contributed by atoms with van der Waals surface area (Å²) in [4.78, 5) is -0.169. The summed E-state index contributed by atoms with van der Waals surface area (Å²) in [5, 5.41) is 0. The van der Waals surface area contributed by atoms with E-state index in [0.29, 0.717) is 12.1 Å². The van der Waals surface area contributed by atoms with Gasteiger partial charge in [0.1, 0.15) is 10.7 Å². The lowest BCUT2D eigenvalue weighted by atomic mass is 10.2. The molecule has 0 atom stereocenters. The summed E-state index contributed by atoms with van der Waals surface area (Å²) in [6.07, 6.45) is 0. The monoisotopic (exact) mass is 379 g/mol. The average molecular weight is 380 g/mol. The maximum atomic E-state index is 13.5. The van der Waals surface area contributed by atoms with Crippen molar-refractivity contribution in [1.82, 2.24) is 0 Å². The van der Waals surface area contributed by atoms with E-state index in [9.17, 15) is 21.6 Å². The predicted molar refractivity (Wildman–Crippen MR) is 76.0 cm³/mol. The van der Waals surface area contributed by atoms with E-state index >= 15 is 0 Å². The topological polar surface area (TPSA) is 46.2 Å².